The quantitative estimate of drug-likeness (QED) is 0.300. The summed E-state index contributed by atoms with van der Waals surface area (Å²) in [7, 11) is 0. The second kappa shape index (κ2) is 9.36. The van der Waals surface area contributed by atoms with Crippen molar-refractivity contribution in [1.29, 1.82) is 5.26 Å². The van der Waals surface area contributed by atoms with Crippen LogP contribution in [0.2, 0.25) is 0 Å². The van der Waals surface area contributed by atoms with Crippen molar-refractivity contribution in [3.8, 4) is 6.07 Å². The zero-order valence-corrected chi connectivity index (χ0v) is 16.5. The molecule has 3 heteroatoms. The fourth-order valence-electron chi connectivity index (χ4n) is 3.32. The van der Waals surface area contributed by atoms with Gasteiger partial charge in [-0.2, -0.15) is 10.4 Å². The van der Waals surface area contributed by atoms with Gasteiger partial charge in [0.1, 0.15) is 6.07 Å². The van der Waals surface area contributed by atoms with Crippen molar-refractivity contribution in [2.45, 2.75) is 6.54 Å². The molecule has 0 aliphatic heterocycles. The van der Waals surface area contributed by atoms with Crippen molar-refractivity contribution in [2.24, 2.45) is 5.10 Å². The lowest BCUT2D eigenvalue weighted by Gasteiger charge is -2.22. The molecule has 0 radical (unpaired) electrons. The molecule has 4 aromatic rings. The topological polar surface area (TPSA) is 39.4 Å². The Bertz CT molecular complexity index is 1120. The fourth-order valence-corrected chi connectivity index (χ4v) is 3.32. The van der Waals surface area contributed by atoms with E-state index in [-0.39, 0.29) is 0 Å². The smallest absolute Gasteiger partial charge is 0.101 e. The molecule has 0 bridgehead atoms. The predicted octanol–water partition coefficient (Wildman–Crippen LogP) is 6.02. The van der Waals surface area contributed by atoms with Gasteiger partial charge in [-0.05, 0) is 17.7 Å². The van der Waals surface area contributed by atoms with Gasteiger partial charge in [0.2, 0.25) is 0 Å². The summed E-state index contributed by atoms with van der Waals surface area (Å²) in [6.07, 6.45) is 0. The number of hydrogen-bond donors (Lipinski definition) is 0. The molecular formula is C27H21N3. The number of nitrogens with zero attached hydrogens (tertiary/aromatic N) is 3. The van der Waals surface area contributed by atoms with E-state index in [1.165, 1.54) is 0 Å². The molecule has 4 aromatic carbocycles. The molecule has 144 valence electrons. The maximum atomic E-state index is 9.68. The first-order chi connectivity index (χ1) is 14.8. The Morgan fingerprint density at radius 1 is 0.667 bits per heavy atom. The summed E-state index contributed by atoms with van der Waals surface area (Å²) in [6.45, 7) is 0.558. The van der Waals surface area contributed by atoms with Gasteiger partial charge in [0.05, 0.1) is 23.5 Å². The third kappa shape index (κ3) is 4.45. The molecule has 4 rings (SSSR count). The molecule has 3 nitrogen and oxygen atoms in total. The van der Waals surface area contributed by atoms with Gasteiger partial charge in [-0.15, -0.1) is 0 Å². The summed E-state index contributed by atoms with van der Waals surface area (Å²) in [5.74, 6) is 0. The molecule has 30 heavy (non-hydrogen) atoms. The number of benzene rings is 4. The highest BCUT2D eigenvalue weighted by molar-refractivity contribution is 6.13. The Morgan fingerprint density at radius 2 is 1.17 bits per heavy atom. The van der Waals surface area contributed by atoms with Gasteiger partial charge in [-0.1, -0.05) is 103 Å². The van der Waals surface area contributed by atoms with E-state index in [0.717, 1.165) is 28.1 Å². The van der Waals surface area contributed by atoms with Gasteiger partial charge < -0.3 is 0 Å². The van der Waals surface area contributed by atoms with Gasteiger partial charge >= 0.3 is 0 Å². The SMILES string of the molecule is N#Cc1ccccc1N(Cc1ccccc1)N=C(c1ccccc1)c1ccccc1. The van der Waals surface area contributed by atoms with E-state index in [1.54, 1.807) is 0 Å². The summed E-state index contributed by atoms with van der Waals surface area (Å²) < 4.78 is 0. The van der Waals surface area contributed by atoms with Crippen LogP contribution >= 0.6 is 0 Å². The zero-order valence-electron chi connectivity index (χ0n) is 16.5. The molecule has 0 amide bonds. The highest BCUT2D eigenvalue weighted by Crippen LogP contribution is 2.24. The van der Waals surface area contributed by atoms with Crippen LogP contribution in [-0.2, 0) is 6.54 Å². The Morgan fingerprint density at radius 3 is 1.73 bits per heavy atom. The lowest BCUT2D eigenvalue weighted by molar-refractivity contribution is 0.853. The summed E-state index contributed by atoms with van der Waals surface area (Å²) >= 11 is 0. The Hall–Kier alpha value is -4.16. The maximum absolute atomic E-state index is 9.68. The lowest BCUT2D eigenvalue weighted by Crippen LogP contribution is -2.20. The third-order valence-electron chi connectivity index (χ3n) is 4.79. The molecule has 0 N–H and O–H groups in total. The van der Waals surface area contributed by atoms with Crippen LogP contribution in [0.3, 0.4) is 0 Å². The number of para-hydroxylation sites is 1. The summed E-state index contributed by atoms with van der Waals surface area (Å²) in [4.78, 5) is 0. The average Bonchev–Trinajstić information content (AvgIpc) is 2.83. The van der Waals surface area contributed by atoms with E-state index >= 15 is 0 Å². The highest BCUT2D eigenvalue weighted by Gasteiger charge is 2.15. The van der Waals surface area contributed by atoms with Gasteiger partial charge in [0.15, 0.2) is 0 Å². The molecule has 0 atom stereocenters. The first kappa shape index (κ1) is 19.2. The molecule has 0 aromatic heterocycles. The minimum atomic E-state index is 0.558. The zero-order chi connectivity index (χ0) is 20.6. The lowest BCUT2D eigenvalue weighted by atomic mass is 10.0. The second-order valence-electron chi connectivity index (χ2n) is 6.85. The summed E-state index contributed by atoms with van der Waals surface area (Å²) in [6, 6.07) is 40.3. The van der Waals surface area contributed by atoms with Crippen molar-refractivity contribution in [1.82, 2.24) is 0 Å². The molecule has 0 heterocycles. The Balaban J connectivity index is 1.87. The Labute approximate surface area is 177 Å². The van der Waals surface area contributed by atoms with E-state index in [1.807, 2.05) is 83.9 Å². The first-order valence-corrected chi connectivity index (χ1v) is 9.85. The van der Waals surface area contributed by atoms with Gasteiger partial charge in [0.25, 0.3) is 0 Å². The summed E-state index contributed by atoms with van der Waals surface area (Å²) in [5, 5.41) is 16.7. The molecular weight excluding hydrogens is 366 g/mol. The molecule has 0 saturated heterocycles. The predicted molar refractivity (Wildman–Crippen MR) is 122 cm³/mol. The minimum Gasteiger partial charge on any atom is -0.259 e. The first-order valence-electron chi connectivity index (χ1n) is 9.85. The molecule has 0 saturated carbocycles. The largest absolute Gasteiger partial charge is 0.259 e. The van der Waals surface area contributed by atoms with Crippen molar-refractivity contribution in [3.05, 3.63) is 138 Å². The van der Waals surface area contributed by atoms with Crippen LogP contribution in [0.4, 0.5) is 5.69 Å². The van der Waals surface area contributed by atoms with Crippen LogP contribution < -0.4 is 5.01 Å². The van der Waals surface area contributed by atoms with E-state index in [0.29, 0.717) is 12.1 Å². The van der Waals surface area contributed by atoms with Crippen LogP contribution in [0.25, 0.3) is 0 Å². The molecule has 0 aliphatic rings. The van der Waals surface area contributed by atoms with E-state index in [9.17, 15) is 5.26 Å². The van der Waals surface area contributed by atoms with E-state index in [4.69, 9.17) is 5.10 Å². The van der Waals surface area contributed by atoms with E-state index in [2.05, 4.69) is 42.5 Å². The molecule has 0 unspecified atom stereocenters. The van der Waals surface area contributed by atoms with Crippen LogP contribution in [0.5, 0.6) is 0 Å². The average molecular weight is 387 g/mol. The number of rotatable bonds is 6. The highest BCUT2D eigenvalue weighted by atomic mass is 15.5. The van der Waals surface area contributed by atoms with Crippen molar-refractivity contribution in [2.75, 3.05) is 5.01 Å². The monoisotopic (exact) mass is 387 g/mol. The number of hydrogen-bond acceptors (Lipinski definition) is 3. The van der Waals surface area contributed by atoms with Crippen molar-refractivity contribution in [3.63, 3.8) is 0 Å². The van der Waals surface area contributed by atoms with Crippen LogP contribution in [-0.4, -0.2) is 5.71 Å². The van der Waals surface area contributed by atoms with Crippen LogP contribution in [0.15, 0.2) is 120 Å². The van der Waals surface area contributed by atoms with Gasteiger partial charge in [0, 0.05) is 11.1 Å². The van der Waals surface area contributed by atoms with Crippen molar-refractivity contribution < 1.29 is 0 Å². The van der Waals surface area contributed by atoms with Crippen molar-refractivity contribution >= 4 is 11.4 Å². The number of nitriles is 1. The molecule has 0 aliphatic carbocycles. The minimum absolute atomic E-state index is 0.558. The summed E-state index contributed by atoms with van der Waals surface area (Å²) in [5.41, 5.74) is 5.41. The van der Waals surface area contributed by atoms with Gasteiger partial charge in [-0.3, -0.25) is 5.01 Å². The molecule has 0 fully saturated rings. The number of hydrazone groups is 1. The maximum Gasteiger partial charge on any atom is 0.101 e. The van der Waals surface area contributed by atoms with E-state index < -0.39 is 0 Å². The third-order valence-corrected chi connectivity index (χ3v) is 4.79. The van der Waals surface area contributed by atoms with Crippen LogP contribution in [0, 0.1) is 11.3 Å². The normalized spacial score (nSPS) is 10.1. The van der Waals surface area contributed by atoms with Crippen LogP contribution in [0.1, 0.15) is 22.3 Å². The van der Waals surface area contributed by atoms with Gasteiger partial charge in [-0.25, -0.2) is 0 Å². The molecule has 0 spiro atoms. The fraction of sp³-hybridized carbons (Fsp3) is 0.0370. The second-order valence-corrected chi connectivity index (χ2v) is 6.85. The number of anilines is 1. The Kier molecular flexibility index (Phi) is 5.98. The standard InChI is InChI=1S/C27H21N3/c28-20-25-18-10-11-19-26(25)30(21-22-12-4-1-5-13-22)29-27(23-14-6-2-7-15-23)24-16-8-3-9-17-24/h1-19H,21H2.